The fourth-order valence-electron chi connectivity index (χ4n) is 2.12. The normalized spacial score (nSPS) is 10.6. The predicted octanol–water partition coefficient (Wildman–Crippen LogP) is 4.92. The van der Waals surface area contributed by atoms with Crippen molar-refractivity contribution in [3.8, 4) is 5.75 Å². The van der Waals surface area contributed by atoms with Crippen molar-refractivity contribution in [2.45, 2.75) is 0 Å². The van der Waals surface area contributed by atoms with Gasteiger partial charge in [-0.15, -0.1) is 11.3 Å². The minimum Gasteiger partial charge on any atom is -0.495 e. The van der Waals surface area contributed by atoms with Crippen LogP contribution in [0.15, 0.2) is 52.3 Å². The summed E-state index contributed by atoms with van der Waals surface area (Å²) in [6, 6.07) is 13.4. The molecule has 0 aliphatic rings. The molecule has 0 saturated carbocycles. The van der Waals surface area contributed by atoms with Crippen molar-refractivity contribution in [1.29, 1.82) is 0 Å². The molecule has 2 aromatic carbocycles. The lowest BCUT2D eigenvalue weighted by Gasteiger charge is -2.10. The molecule has 0 bridgehead atoms. The molecule has 0 unspecified atom stereocenters. The molecule has 0 saturated heterocycles. The quantitative estimate of drug-likeness (QED) is 0.718. The van der Waals surface area contributed by atoms with Crippen LogP contribution in [-0.4, -0.2) is 13.0 Å². The summed E-state index contributed by atoms with van der Waals surface area (Å²) in [7, 11) is 1.58. The molecule has 3 aromatic rings. The zero-order chi connectivity index (χ0) is 14.8. The number of ether oxygens (including phenoxy) is 1. The van der Waals surface area contributed by atoms with Gasteiger partial charge in [0.1, 0.15) is 5.75 Å². The maximum atomic E-state index is 12.5. The molecule has 3 nitrogen and oxygen atoms in total. The monoisotopic (exact) mass is 361 g/mol. The number of rotatable bonds is 3. The second-order valence-electron chi connectivity index (χ2n) is 4.44. The summed E-state index contributed by atoms with van der Waals surface area (Å²) in [4.78, 5) is 12.5. The smallest absolute Gasteiger partial charge is 0.257 e. The van der Waals surface area contributed by atoms with Gasteiger partial charge in [0.2, 0.25) is 0 Å². The molecule has 1 N–H and O–H groups in total. The van der Waals surface area contributed by atoms with Gasteiger partial charge in [-0.3, -0.25) is 4.79 Å². The van der Waals surface area contributed by atoms with Crippen LogP contribution in [0.4, 0.5) is 5.69 Å². The van der Waals surface area contributed by atoms with E-state index in [9.17, 15) is 4.79 Å². The molecule has 0 atom stereocenters. The molecule has 0 radical (unpaired) electrons. The van der Waals surface area contributed by atoms with Crippen molar-refractivity contribution in [3.05, 3.63) is 57.9 Å². The number of carbonyl (C=O) groups is 1. The van der Waals surface area contributed by atoms with E-state index < -0.39 is 0 Å². The summed E-state index contributed by atoms with van der Waals surface area (Å²) in [5.41, 5.74) is 1.32. The first kappa shape index (κ1) is 14.1. The van der Waals surface area contributed by atoms with Crippen LogP contribution >= 0.6 is 27.3 Å². The number of fused-ring (bicyclic) bond motifs is 1. The van der Waals surface area contributed by atoms with Crippen molar-refractivity contribution in [1.82, 2.24) is 0 Å². The fraction of sp³-hybridized carbons (Fsp3) is 0.0625. The lowest BCUT2D eigenvalue weighted by Crippen LogP contribution is -2.12. The number of nitrogens with one attached hydrogen (secondary N) is 1. The third-order valence-corrected chi connectivity index (χ3v) is 4.59. The number of amides is 1. The molecule has 21 heavy (non-hydrogen) atoms. The molecular formula is C16H12BrNO2S. The van der Waals surface area contributed by atoms with Crippen LogP contribution in [0.25, 0.3) is 10.1 Å². The van der Waals surface area contributed by atoms with Crippen LogP contribution in [0.5, 0.6) is 5.75 Å². The van der Waals surface area contributed by atoms with E-state index in [-0.39, 0.29) is 5.91 Å². The largest absolute Gasteiger partial charge is 0.495 e. The number of benzene rings is 2. The van der Waals surface area contributed by atoms with Crippen LogP contribution in [0.2, 0.25) is 0 Å². The van der Waals surface area contributed by atoms with Crippen molar-refractivity contribution in [2.75, 3.05) is 12.4 Å². The molecule has 0 aliphatic carbocycles. The molecule has 5 heteroatoms. The first-order chi connectivity index (χ1) is 10.2. The zero-order valence-corrected chi connectivity index (χ0v) is 13.6. The van der Waals surface area contributed by atoms with Gasteiger partial charge in [-0.2, -0.15) is 0 Å². The van der Waals surface area contributed by atoms with E-state index in [0.29, 0.717) is 17.0 Å². The van der Waals surface area contributed by atoms with Gasteiger partial charge in [-0.05, 0) is 24.3 Å². The highest BCUT2D eigenvalue weighted by Crippen LogP contribution is 2.30. The van der Waals surface area contributed by atoms with Crippen molar-refractivity contribution in [3.63, 3.8) is 0 Å². The maximum Gasteiger partial charge on any atom is 0.257 e. The van der Waals surface area contributed by atoms with E-state index in [1.807, 2.05) is 47.8 Å². The van der Waals surface area contributed by atoms with Gasteiger partial charge < -0.3 is 10.1 Å². The summed E-state index contributed by atoms with van der Waals surface area (Å²) in [5.74, 6) is 0.495. The number of methoxy groups -OCH3 is 1. The van der Waals surface area contributed by atoms with E-state index in [1.54, 1.807) is 18.4 Å². The van der Waals surface area contributed by atoms with Gasteiger partial charge >= 0.3 is 0 Å². The van der Waals surface area contributed by atoms with Crippen LogP contribution in [-0.2, 0) is 0 Å². The predicted molar refractivity (Wildman–Crippen MR) is 90.5 cm³/mol. The standard InChI is InChI=1S/C16H12BrNO2S/c1-20-14-7-6-10(17)8-13(14)18-16(19)12-9-21-15-5-3-2-4-11(12)15/h2-9H,1H3,(H,18,19). The molecule has 106 valence electrons. The molecule has 0 aliphatic heterocycles. The van der Waals surface area contributed by atoms with Crippen LogP contribution in [0.3, 0.4) is 0 Å². The molecule has 0 spiro atoms. The van der Waals surface area contributed by atoms with Crippen LogP contribution in [0.1, 0.15) is 10.4 Å². The van der Waals surface area contributed by atoms with E-state index in [4.69, 9.17) is 4.74 Å². The first-order valence-corrected chi connectivity index (χ1v) is 7.97. The summed E-state index contributed by atoms with van der Waals surface area (Å²) >= 11 is 4.96. The Balaban J connectivity index is 1.95. The highest BCUT2D eigenvalue weighted by atomic mass is 79.9. The van der Waals surface area contributed by atoms with Crippen molar-refractivity contribution < 1.29 is 9.53 Å². The number of thiophene rings is 1. The summed E-state index contributed by atoms with van der Waals surface area (Å²) in [6.45, 7) is 0. The van der Waals surface area contributed by atoms with E-state index in [1.165, 1.54) is 0 Å². The maximum absolute atomic E-state index is 12.5. The van der Waals surface area contributed by atoms with Crippen LogP contribution in [0, 0.1) is 0 Å². The third kappa shape index (κ3) is 2.80. The van der Waals surface area contributed by atoms with Gasteiger partial charge in [-0.1, -0.05) is 34.1 Å². The van der Waals surface area contributed by atoms with Gasteiger partial charge in [0.25, 0.3) is 5.91 Å². The Kier molecular flexibility index (Phi) is 3.94. The minimum atomic E-state index is -0.135. The number of hydrogen-bond donors (Lipinski definition) is 1. The summed E-state index contributed by atoms with van der Waals surface area (Å²) in [6.07, 6.45) is 0. The van der Waals surface area contributed by atoms with Gasteiger partial charge in [0, 0.05) is 19.9 Å². The lowest BCUT2D eigenvalue weighted by molar-refractivity contribution is 0.102. The lowest BCUT2D eigenvalue weighted by atomic mass is 10.1. The van der Waals surface area contributed by atoms with E-state index in [0.717, 1.165) is 14.6 Å². The Labute approximate surface area is 134 Å². The molecule has 1 amide bonds. The Bertz CT molecular complexity index is 813. The van der Waals surface area contributed by atoms with Gasteiger partial charge in [-0.25, -0.2) is 0 Å². The Morgan fingerprint density at radius 3 is 2.86 bits per heavy atom. The molecule has 0 fully saturated rings. The average molecular weight is 362 g/mol. The summed E-state index contributed by atoms with van der Waals surface area (Å²) < 4.78 is 7.26. The first-order valence-electron chi connectivity index (χ1n) is 6.30. The molecular weight excluding hydrogens is 350 g/mol. The van der Waals surface area contributed by atoms with E-state index >= 15 is 0 Å². The highest BCUT2D eigenvalue weighted by molar-refractivity contribution is 9.10. The molecule has 1 aromatic heterocycles. The number of hydrogen-bond acceptors (Lipinski definition) is 3. The van der Waals surface area contributed by atoms with E-state index in [2.05, 4.69) is 21.2 Å². The molecule has 3 rings (SSSR count). The Hall–Kier alpha value is -1.85. The van der Waals surface area contributed by atoms with Crippen molar-refractivity contribution in [2.24, 2.45) is 0 Å². The average Bonchev–Trinajstić information content (AvgIpc) is 2.91. The van der Waals surface area contributed by atoms with Gasteiger partial charge in [0.05, 0.1) is 18.4 Å². The van der Waals surface area contributed by atoms with Crippen LogP contribution < -0.4 is 10.1 Å². The summed E-state index contributed by atoms with van der Waals surface area (Å²) in [5, 5.41) is 5.76. The number of anilines is 1. The Morgan fingerprint density at radius 1 is 1.24 bits per heavy atom. The third-order valence-electron chi connectivity index (χ3n) is 3.14. The number of halogens is 1. The topological polar surface area (TPSA) is 38.3 Å². The second-order valence-corrected chi connectivity index (χ2v) is 6.27. The fourth-order valence-corrected chi connectivity index (χ4v) is 3.42. The SMILES string of the molecule is COc1ccc(Br)cc1NC(=O)c1csc2ccccc12. The zero-order valence-electron chi connectivity index (χ0n) is 11.2. The number of carbonyl (C=O) groups excluding carboxylic acids is 1. The second kappa shape index (κ2) is 5.87. The molecule has 1 heterocycles. The Morgan fingerprint density at radius 2 is 2.05 bits per heavy atom. The minimum absolute atomic E-state index is 0.135. The highest BCUT2D eigenvalue weighted by Gasteiger charge is 2.14. The van der Waals surface area contributed by atoms with Crippen molar-refractivity contribution >= 4 is 48.9 Å². The van der Waals surface area contributed by atoms with Gasteiger partial charge in [0.15, 0.2) is 0 Å².